The molecule has 3 unspecified atom stereocenters. The zero-order valence-electron chi connectivity index (χ0n) is 11.9. The molecule has 1 aromatic heterocycles. The lowest BCUT2D eigenvalue weighted by Crippen LogP contribution is -2.55. The van der Waals surface area contributed by atoms with Gasteiger partial charge in [-0.25, -0.2) is 0 Å². The number of hydrogen-bond acceptors (Lipinski definition) is 4. The Morgan fingerprint density at radius 2 is 1.94 bits per heavy atom. The molecule has 18 heavy (non-hydrogen) atoms. The summed E-state index contributed by atoms with van der Waals surface area (Å²) in [4.78, 5) is 4.90. The normalized spacial score (nSPS) is 28.5. The Morgan fingerprint density at radius 1 is 1.33 bits per heavy atom. The smallest absolute Gasteiger partial charge is 0.0537 e. The van der Waals surface area contributed by atoms with Gasteiger partial charge in [-0.2, -0.15) is 5.10 Å². The minimum absolute atomic E-state index is 0.0570. The van der Waals surface area contributed by atoms with Gasteiger partial charge in [0.2, 0.25) is 0 Å². The van der Waals surface area contributed by atoms with Crippen LogP contribution >= 0.6 is 0 Å². The van der Waals surface area contributed by atoms with Crippen LogP contribution in [0, 0.1) is 0 Å². The molecule has 0 spiro atoms. The summed E-state index contributed by atoms with van der Waals surface area (Å²) in [6.07, 6.45) is 3.88. The van der Waals surface area contributed by atoms with Crippen molar-refractivity contribution in [1.29, 1.82) is 0 Å². The zero-order valence-corrected chi connectivity index (χ0v) is 11.9. The average molecular weight is 251 g/mol. The van der Waals surface area contributed by atoms with Gasteiger partial charge in [-0.3, -0.25) is 14.5 Å². The monoisotopic (exact) mass is 251 g/mol. The molecule has 1 aliphatic heterocycles. The fourth-order valence-corrected chi connectivity index (χ4v) is 2.68. The van der Waals surface area contributed by atoms with E-state index in [2.05, 4.69) is 35.8 Å². The van der Waals surface area contributed by atoms with Gasteiger partial charge in [0.05, 0.1) is 6.20 Å². The van der Waals surface area contributed by atoms with Crippen molar-refractivity contribution in [2.75, 3.05) is 26.7 Å². The zero-order chi connectivity index (χ0) is 13.3. The summed E-state index contributed by atoms with van der Waals surface area (Å²) in [6, 6.07) is 1.24. The highest BCUT2D eigenvalue weighted by Crippen LogP contribution is 2.17. The van der Waals surface area contributed by atoms with Crippen molar-refractivity contribution in [2.24, 2.45) is 12.8 Å². The Kier molecular flexibility index (Phi) is 4.04. The predicted octanol–water partition coefficient (Wildman–Crippen LogP) is 0.444. The number of nitrogens with two attached hydrogens (primary N) is 1. The first kappa shape index (κ1) is 13.5. The second-order valence-electron chi connectivity index (χ2n) is 5.64. The van der Waals surface area contributed by atoms with E-state index in [0.29, 0.717) is 12.1 Å². The number of nitrogens with zero attached hydrogens (tertiary/aromatic N) is 4. The lowest BCUT2D eigenvalue weighted by molar-refractivity contribution is 0.0566. The van der Waals surface area contributed by atoms with E-state index in [1.165, 1.54) is 0 Å². The van der Waals surface area contributed by atoms with E-state index in [-0.39, 0.29) is 6.04 Å². The van der Waals surface area contributed by atoms with Crippen LogP contribution in [0.15, 0.2) is 12.4 Å². The molecular formula is C13H25N5. The molecule has 1 saturated heterocycles. The molecule has 0 aliphatic carbocycles. The highest BCUT2D eigenvalue weighted by molar-refractivity contribution is 5.10. The topological polar surface area (TPSA) is 50.3 Å². The minimum atomic E-state index is 0.0570. The van der Waals surface area contributed by atoms with Crippen LogP contribution in [0.2, 0.25) is 0 Å². The first-order valence-corrected chi connectivity index (χ1v) is 6.65. The summed E-state index contributed by atoms with van der Waals surface area (Å²) < 4.78 is 1.81. The Hall–Kier alpha value is -0.910. The van der Waals surface area contributed by atoms with Gasteiger partial charge in [-0.1, -0.05) is 0 Å². The van der Waals surface area contributed by atoms with E-state index < -0.39 is 0 Å². The van der Waals surface area contributed by atoms with E-state index in [9.17, 15) is 0 Å². The number of likely N-dealkylation sites (N-methyl/N-ethyl adjacent to an activating group) is 1. The molecule has 2 rings (SSSR count). The van der Waals surface area contributed by atoms with Crippen molar-refractivity contribution in [3.63, 3.8) is 0 Å². The van der Waals surface area contributed by atoms with Crippen molar-refractivity contribution < 1.29 is 0 Å². The second-order valence-corrected chi connectivity index (χ2v) is 5.64. The van der Waals surface area contributed by atoms with Crippen LogP contribution in [0.25, 0.3) is 0 Å². The summed E-state index contributed by atoms with van der Waals surface area (Å²) in [5, 5.41) is 4.18. The fraction of sp³-hybridized carbons (Fsp3) is 0.769. The summed E-state index contributed by atoms with van der Waals surface area (Å²) in [7, 11) is 4.13. The van der Waals surface area contributed by atoms with E-state index in [1.54, 1.807) is 0 Å². The fourth-order valence-electron chi connectivity index (χ4n) is 2.68. The molecule has 3 atom stereocenters. The molecule has 0 bridgehead atoms. The molecular weight excluding hydrogens is 226 g/mol. The standard InChI is InChI=1S/C13H25N5/c1-10-6-18(7-11(2)17(10)4)9-13(14)12-5-15-16(3)8-12/h5,8,10-11,13H,6-7,9,14H2,1-4H3. The van der Waals surface area contributed by atoms with Crippen molar-refractivity contribution in [3.8, 4) is 0 Å². The van der Waals surface area contributed by atoms with E-state index in [4.69, 9.17) is 5.73 Å². The van der Waals surface area contributed by atoms with E-state index in [0.717, 1.165) is 25.2 Å². The molecule has 102 valence electrons. The SMILES string of the molecule is CC1CN(CC(N)c2cnn(C)c2)CC(C)N1C. The van der Waals surface area contributed by atoms with Gasteiger partial charge in [-0.15, -0.1) is 0 Å². The van der Waals surface area contributed by atoms with Crippen LogP contribution in [-0.4, -0.2) is 58.3 Å². The van der Waals surface area contributed by atoms with Gasteiger partial charge in [0.25, 0.3) is 0 Å². The van der Waals surface area contributed by atoms with Gasteiger partial charge < -0.3 is 5.73 Å². The molecule has 1 aromatic rings. The van der Waals surface area contributed by atoms with Gasteiger partial charge >= 0.3 is 0 Å². The predicted molar refractivity (Wildman–Crippen MR) is 73.3 cm³/mol. The lowest BCUT2D eigenvalue weighted by atomic mass is 10.1. The highest BCUT2D eigenvalue weighted by atomic mass is 15.3. The highest BCUT2D eigenvalue weighted by Gasteiger charge is 2.27. The summed E-state index contributed by atoms with van der Waals surface area (Å²) in [6.45, 7) is 7.65. The van der Waals surface area contributed by atoms with Gasteiger partial charge in [-0.05, 0) is 20.9 Å². The first-order valence-electron chi connectivity index (χ1n) is 6.65. The molecule has 0 radical (unpaired) electrons. The van der Waals surface area contributed by atoms with Gasteiger partial charge in [0.15, 0.2) is 0 Å². The van der Waals surface area contributed by atoms with Crippen LogP contribution < -0.4 is 5.73 Å². The molecule has 5 nitrogen and oxygen atoms in total. The van der Waals surface area contributed by atoms with Crippen molar-refractivity contribution in [1.82, 2.24) is 19.6 Å². The summed E-state index contributed by atoms with van der Waals surface area (Å²) in [5.74, 6) is 0. The minimum Gasteiger partial charge on any atom is -0.323 e. The molecule has 1 aliphatic rings. The molecule has 0 amide bonds. The van der Waals surface area contributed by atoms with Crippen molar-refractivity contribution in [2.45, 2.75) is 32.0 Å². The maximum atomic E-state index is 6.26. The number of aromatic nitrogens is 2. The van der Waals surface area contributed by atoms with Gasteiger partial charge in [0, 0.05) is 56.6 Å². The van der Waals surface area contributed by atoms with Crippen molar-refractivity contribution in [3.05, 3.63) is 18.0 Å². The number of piperazine rings is 1. The maximum Gasteiger partial charge on any atom is 0.0537 e. The van der Waals surface area contributed by atoms with Gasteiger partial charge in [0.1, 0.15) is 0 Å². The average Bonchev–Trinajstić information content (AvgIpc) is 2.72. The molecule has 5 heteroatoms. The second kappa shape index (κ2) is 5.38. The lowest BCUT2D eigenvalue weighted by Gasteiger charge is -2.43. The Balaban J connectivity index is 1.93. The third-order valence-corrected chi connectivity index (χ3v) is 4.04. The molecule has 0 aromatic carbocycles. The molecule has 2 N–H and O–H groups in total. The van der Waals surface area contributed by atoms with E-state index in [1.807, 2.05) is 24.1 Å². The summed E-state index contributed by atoms with van der Waals surface area (Å²) in [5.41, 5.74) is 7.38. The number of hydrogen-bond donors (Lipinski definition) is 1. The van der Waals surface area contributed by atoms with Crippen LogP contribution in [0.5, 0.6) is 0 Å². The van der Waals surface area contributed by atoms with Crippen molar-refractivity contribution >= 4 is 0 Å². The molecule has 1 fully saturated rings. The Morgan fingerprint density at radius 3 is 2.44 bits per heavy atom. The maximum absolute atomic E-state index is 6.26. The number of aryl methyl sites for hydroxylation is 1. The molecule has 0 saturated carbocycles. The van der Waals surface area contributed by atoms with Crippen LogP contribution in [0.3, 0.4) is 0 Å². The number of rotatable bonds is 3. The van der Waals surface area contributed by atoms with Crippen LogP contribution in [0.1, 0.15) is 25.5 Å². The van der Waals surface area contributed by atoms with E-state index >= 15 is 0 Å². The third-order valence-electron chi connectivity index (χ3n) is 4.04. The summed E-state index contributed by atoms with van der Waals surface area (Å²) >= 11 is 0. The largest absolute Gasteiger partial charge is 0.323 e. The first-order chi connectivity index (χ1) is 8.47. The Labute approximate surface area is 110 Å². The quantitative estimate of drug-likeness (QED) is 0.847. The van der Waals surface area contributed by atoms with Crippen LogP contribution in [-0.2, 0) is 7.05 Å². The third kappa shape index (κ3) is 2.91. The van der Waals surface area contributed by atoms with Crippen LogP contribution in [0.4, 0.5) is 0 Å². The molecule has 2 heterocycles. The Bertz CT molecular complexity index is 376.